The number of rotatable bonds is 6. The summed E-state index contributed by atoms with van der Waals surface area (Å²) in [6.07, 6.45) is 2.19. The minimum atomic E-state index is 0. The first-order valence-corrected chi connectivity index (χ1v) is 10.6. The first-order valence-electron chi connectivity index (χ1n) is 10.6. The van der Waals surface area contributed by atoms with Crippen molar-refractivity contribution >= 4 is 29.9 Å². The summed E-state index contributed by atoms with van der Waals surface area (Å²) < 4.78 is 1.97. The van der Waals surface area contributed by atoms with Crippen molar-refractivity contribution in [2.75, 3.05) is 13.1 Å². The lowest BCUT2D eigenvalue weighted by molar-refractivity contribution is 0.629. The number of aliphatic imine (C=N–C) groups is 1. The van der Waals surface area contributed by atoms with Crippen LogP contribution in [0.4, 0.5) is 0 Å². The third kappa shape index (κ3) is 4.47. The van der Waals surface area contributed by atoms with Gasteiger partial charge in [0.1, 0.15) is 0 Å². The van der Waals surface area contributed by atoms with Gasteiger partial charge in [-0.15, -0.1) is 24.0 Å². The monoisotopic (exact) mass is 507 g/mol. The van der Waals surface area contributed by atoms with Crippen molar-refractivity contribution in [3.63, 3.8) is 0 Å². The summed E-state index contributed by atoms with van der Waals surface area (Å²) in [5.41, 5.74) is 6.84. The van der Waals surface area contributed by atoms with Crippen molar-refractivity contribution in [3.8, 4) is 0 Å². The number of hydrogen-bond donors (Lipinski definition) is 2. The van der Waals surface area contributed by atoms with Crippen molar-refractivity contribution in [1.82, 2.24) is 20.4 Å². The van der Waals surface area contributed by atoms with Gasteiger partial charge in [-0.3, -0.25) is 9.67 Å². The van der Waals surface area contributed by atoms with Crippen molar-refractivity contribution in [1.29, 1.82) is 0 Å². The van der Waals surface area contributed by atoms with Crippen molar-refractivity contribution < 1.29 is 0 Å². The van der Waals surface area contributed by atoms with Crippen LogP contribution in [0.2, 0.25) is 0 Å². The Morgan fingerprint density at radius 2 is 2.07 bits per heavy atom. The molecule has 1 aromatic carbocycles. The van der Waals surface area contributed by atoms with E-state index in [1.165, 1.54) is 17.7 Å². The average molecular weight is 507 g/mol. The van der Waals surface area contributed by atoms with Gasteiger partial charge in [-0.05, 0) is 75.0 Å². The normalized spacial score (nSPS) is 23.1. The van der Waals surface area contributed by atoms with Crippen LogP contribution in [0.3, 0.4) is 0 Å². The van der Waals surface area contributed by atoms with Gasteiger partial charge in [0.2, 0.25) is 0 Å². The molecule has 1 saturated carbocycles. The Morgan fingerprint density at radius 1 is 1.31 bits per heavy atom. The first kappa shape index (κ1) is 22.1. The highest BCUT2D eigenvalue weighted by Crippen LogP contribution is 2.61. The zero-order valence-corrected chi connectivity index (χ0v) is 20.5. The molecule has 0 bridgehead atoms. The van der Waals surface area contributed by atoms with Crippen LogP contribution in [0.1, 0.15) is 47.8 Å². The quantitative estimate of drug-likeness (QED) is 0.356. The van der Waals surface area contributed by atoms with Crippen molar-refractivity contribution in [2.45, 2.75) is 52.5 Å². The molecule has 2 N–H and O–H groups in total. The van der Waals surface area contributed by atoms with Gasteiger partial charge in [-0.25, -0.2) is 0 Å². The van der Waals surface area contributed by atoms with E-state index >= 15 is 0 Å². The van der Waals surface area contributed by atoms with Crippen molar-refractivity contribution in [3.05, 3.63) is 52.3 Å². The molecule has 0 radical (unpaired) electrons. The van der Waals surface area contributed by atoms with Gasteiger partial charge in [0.15, 0.2) is 5.96 Å². The summed E-state index contributed by atoms with van der Waals surface area (Å²) in [6, 6.07) is 9.25. The maximum absolute atomic E-state index is 4.94. The Bertz CT molecular complexity index is 887. The molecule has 2 aliphatic rings. The fourth-order valence-corrected chi connectivity index (χ4v) is 4.95. The molecule has 1 aromatic heterocycles. The maximum Gasteiger partial charge on any atom is 0.191 e. The summed E-state index contributed by atoms with van der Waals surface area (Å²) in [7, 11) is 2.01. The van der Waals surface area contributed by atoms with E-state index in [4.69, 9.17) is 4.99 Å². The lowest BCUT2D eigenvalue weighted by Crippen LogP contribution is -2.43. The van der Waals surface area contributed by atoms with E-state index in [-0.39, 0.29) is 24.0 Å². The van der Waals surface area contributed by atoms with Crippen LogP contribution in [0.15, 0.2) is 29.3 Å². The lowest BCUT2D eigenvalue weighted by Gasteiger charge is -2.18. The smallest absolute Gasteiger partial charge is 0.191 e. The van der Waals surface area contributed by atoms with Crippen LogP contribution in [0.25, 0.3) is 0 Å². The molecular formula is C23H34IN5. The number of hydrogen-bond acceptors (Lipinski definition) is 2. The average Bonchev–Trinajstić information content (AvgIpc) is 3.11. The van der Waals surface area contributed by atoms with Gasteiger partial charge >= 0.3 is 0 Å². The molecule has 0 aliphatic heterocycles. The number of nitrogens with zero attached hydrogens (tertiary/aromatic N) is 3. The molecule has 0 amide bonds. The predicted molar refractivity (Wildman–Crippen MR) is 130 cm³/mol. The summed E-state index contributed by atoms with van der Waals surface area (Å²) in [5, 5.41) is 11.6. The Morgan fingerprint density at radius 3 is 2.76 bits per heavy atom. The van der Waals surface area contributed by atoms with Gasteiger partial charge in [-0.1, -0.05) is 24.3 Å². The SMILES string of the molecule is CCNC(=NCC1C2Cc3ccccc3C12)NC(C)Cc1c(C)nn(C)c1C.I. The molecule has 5 nitrogen and oxygen atoms in total. The third-order valence-corrected chi connectivity index (χ3v) is 6.56. The summed E-state index contributed by atoms with van der Waals surface area (Å²) in [4.78, 5) is 4.94. The number of aryl methyl sites for hydroxylation is 2. The second-order valence-electron chi connectivity index (χ2n) is 8.50. The van der Waals surface area contributed by atoms with Crippen LogP contribution < -0.4 is 10.6 Å². The van der Waals surface area contributed by atoms with Crippen LogP contribution in [0.5, 0.6) is 0 Å². The number of fused-ring (bicyclic) bond motifs is 3. The van der Waals surface area contributed by atoms with Gasteiger partial charge in [0.05, 0.1) is 5.69 Å². The molecule has 1 fully saturated rings. The van der Waals surface area contributed by atoms with E-state index in [9.17, 15) is 0 Å². The molecule has 4 rings (SSSR count). The lowest BCUT2D eigenvalue weighted by atomic mass is 10.0. The van der Waals surface area contributed by atoms with Gasteiger partial charge in [0.25, 0.3) is 0 Å². The molecule has 29 heavy (non-hydrogen) atoms. The third-order valence-electron chi connectivity index (χ3n) is 6.56. The molecule has 2 aliphatic carbocycles. The second-order valence-corrected chi connectivity index (χ2v) is 8.50. The Balaban J connectivity index is 0.00000240. The number of halogens is 1. The van der Waals surface area contributed by atoms with Gasteiger partial charge in [0, 0.05) is 31.9 Å². The van der Waals surface area contributed by atoms with Crippen LogP contribution in [-0.2, 0) is 19.9 Å². The fourth-order valence-electron chi connectivity index (χ4n) is 4.95. The highest BCUT2D eigenvalue weighted by atomic mass is 127. The Labute approximate surface area is 191 Å². The molecule has 6 heteroatoms. The Hall–Kier alpha value is -1.57. The fraction of sp³-hybridized carbons (Fsp3) is 0.565. The van der Waals surface area contributed by atoms with E-state index < -0.39 is 0 Å². The highest BCUT2D eigenvalue weighted by Gasteiger charge is 2.54. The van der Waals surface area contributed by atoms with E-state index in [2.05, 4.69) is 67.7 Å². The van der Waals surface area contributed by atoms with E-state index in [0.717, 1.165) is 43.0 Å². The number of benzene rings is 1. The van der Waals surface area contributed by atoms with E-state index in [1.54, 1.807) is 11.1 Å². The molecule has 4 atom stereocenters. The summed E-state index contributed by atoms with van der Waals surface area (Å²) in [6.45, 7) is 10.4. The van der Waals surface area contributed by atoms with Crippen LogP contribution in [0, 0.1) is 25.7 Å². The number of aromatic nitrogens is 2. The first-order chi connectivity index (χ1) is 13.5. The van der Waals surface area contributed by atoms with Gasteiger partial charge in [-0.2, -0.15) is 5.10 Å². The Kier molecular flexibility index (Phi) is 6.91. The zero-order valence-electron chi connectivity index (χ0n) is 18.2. The van der Waals surface area contributed by atoms with E-state index in [0.29, 0.717) is 12.0 Å². The van der Waals surface area contributed by atoms with Gasteiger partial charge < -0.3 is 10.6 Å². The molecular weight excluding hydrogens is 473 g/mol. The summed E-state index contributed by atoms with van der Waals surface area (Å²) >= 11 is 0. The molecule has 0 spiro atoms. The molecule has 158 valence electrons. The zero-order chi connectivity index (χ0) is 19.8. The predicted octanol–water partition coefficient (Wildman–Crippen LogP) is 3.73. The van der Waals surface area contributed by atoms with Crippen LogP contribution in [-0.4, -0.2) is 34.9 Å². The highest BCUT2D eigenvalue weighted by molar-refractivity contribution is 14.0. The molecule has 0 saturated heterocycles. The maximum atomic E-state index is 4.94. The van der Waals surface area contributed by atoms with E-state index in [1.807, 2.05) is 11.7 Å². The molecule has 2 aromatic rings. The minimum absolute atomic E-state index is 0. The second kappa shape index (κ2) is 9.06. The largest absolute Gasteiger partial charge is 0.357 e. The summed E-state index contributed by atoms with van der Waals surface area (Å²) in [5.74, 6) is 3.19. The van der Waals surface area contributed by atoms with Crippen LogP contribution >= 0.6 is 24.0 Å². The molecule has 1 heterocycles. The number of guanidine groups is 1. The standard InChI is InChI=1S/C23H33N5.HI/c1-6-24-23(26-14(2)11-19-15(3)27-28(5)16(19)4)25-13-21-20-12-17-9-7-8-10-18(17)22(20)21;/h7-10,14,20-22H,6,11-13H2,1-5H3,(H2,24,25,26);1H. The number of nitrogens with one attached hydrogen (secondary N) is 2. The topological polar surface area (TPSA) is 54.2 Å². The molecule has 4 unspecified atom stereocenters. The minimum Gasteiger partial charge on any atom is -0.357 e. The van der Waals surface area contributed by atoms with Crippen molar-refractivity contribution in [2.24, 2.45) is 23.9 Å².